The van der Waals surface area contributed by atoms with Gasteiger partial charge in [0.2, 0.25) is 0 Å². The Balaban J connectivity index is 4.17. The first-order valence-electron chi connectivity index (χ1n) is 11.4. The van der Waals surface area contributed by atoms with E-state index in [2.05, 4.69) is 19.1 Å². The average Bonchev–Trinajstić information content (AvgIpc) is 2.57. The molecule has 0 fully saturated rings. The molecule has 5 heteroatoms. The number of hydrogen-bond acceptors (Lipinski definition) is 3. The third-order valence-electron chi connectivity index (χ3n) is 4.00. The molecule has 1 atom stereocenters. The van der Waals surface area contributed by atoms with Crippen molar-refractivity contribution in [2.75, 3.05) is 27.6 Å². The first kappa shape index (κ1) is 19.4. The van der Waals surface area contributed by atoms with E-state index in [-0.39, 0.29) is 13.0 Å². The molecule has 0 amide bonds. The summed E-state index contributed by atoms with van der Waals surface area (Å²) in [7, 11) is 2.95. The van der Waals surface area contributed by atoms with Crippen LogP contribution in [0.1, 0.15) is 81.7 Å². The first-order valence-corrected chi connectivity index (χ1v) is 9.89. The molecule has 1 N–H and O–H groups in total. The van der Waals surface area contributed by atoms with Crippen molar-refractivity contribution in [2.45, 2.75) is 83.7 Å². The van der Waals surface area contributed by atoms with Crippen molar-refractivity contribution >= 4 is 11.9 Å². The molecule has 0 saturated carbocycles. The number of hydrogen-bond donors (Lipinski definition) is 1. The predicted molar refractivity (Wildman–Crippen MR) is 106 cm³/mol. The molecule has 26 heavy (non-hydrogen) atoms. The summed E-state index contributed by atoms with van der Waals surface area (Å²) >= 11 is 0. The van der Waals surface area contributed by atoms with Crippen LogP contribution in [0.3, 0.4) is 0 Å². The fraction of sp³-hybridized carbons (Fsp3) is 0.810. The molecule has 152 valence electrons. The highest BCUT2D eigenvalue weighted by Crippen LogP contribution is 2.10. The molecule has 0 aliphatic carbocycles. The van der Waals surface area contributed by atoms with Gasteiger partial charge in [-0.2, -0.15) is 0 Å². The summed E-state index contributed by atoms with van der Waals surface area (Å²) in [5.41, 5.74) is 0. The Kier molecular flexibility index (Phi) is 11.0. The lowest BCUT2D eigenvalue weighted by molar-refractivity contribution is -0.873. The number of carboxylic acid groups (broad SMARTS) is 1. The number of esters is 1. The number of aliphatic carboxylic acids is 1. The van der Waals surface area contributed by atoms with Crippen molar-refractivity contribution in [1.82, 2.24) is 0 Å². The molecule has 0 aliphatic heterocycles. The molecule has 0 saturated heterocycles. The third kappa shape index (κ3) is 17.5. The van der Waals surface area contributed by atoms with Gasteiger partial charge in [0.1, 0.15) is 6.54 Å². The minimum absolute atomic E-state index is 0.0767. The highest BCUT2D eigenvalue weighted by Gasteiger charge is 2.24. The normalized spacial score (nSPS) is 15.3. The Morgan fingerprint density at radius 3 is 2.31 bits per heavy atom. The lowest BCUT2D eigenvalue weighted by Gasteiger charge is -2.28. The SMILES string of the molecule is [2H]C([2H])([2H])[N+](C)(C)C[C@@H](CC(=O)O)OC(=O)CCC/C=C\CCCCCCCC. The maximum Gasteiger partial charge on any atom is 0.307 e. The van der Waals surface area contributed by atoms with Crippen molar-refractivity contribution in [3.63, 3.8) is 0 Å². The first-order chi connectivity index (χ1) is 13.5. The second kappa shape index (κ2) is 14.8. The van der Waals surface area contributed by atoms with Gasteiger partial charge in [-0.3, -0.25) is 9.59 Å². The Morgan fingerprint density at radius 2 is 1.69 bits per heavy atom. The lowest BCUT2D eigenvalue weighted by atomic mass is 10.1. The van der Waals surface area contributed by atoms with Gasteiger partial charge in [0, 0.05) is 6.42 Å². The van der Waals surface area contributed by atoms with Crippen LogP contribution >= 0.6 is 0 Å². The molecule has 5 nitrogen and oxygen atoms in total. The van der Waals surface area contributed by atoms with E-state index in [0.29, 0.717) is 6.42 Å². The summed E-state index contributed by atoms with van der Waals surface area (Å²) in [5.74, 6) is -1.60. The predicted octanol–water partition coefficient (Wildman–Crippen LogP) is 4.56. The quantitative estimate of drug-likeness (QED) is 0.186. The van der Waals surface area contributed by atoms with E-state index in [1.807, 2.05) is 0 Å². The fourth-order valence-corrected chi connectivity index (χ4v) is 2.73. The van der Waals surface area contributed by atoms with Crippen molar-refractivity contribution in [1.29, 1.82) is 0 Å². The van der Waals surface area contributed by atoms with E-state index < -0.39 is 35.9 Å². The van der Waals surface area contributed by atoms with Gasteiger partial charge in [-0.15, -0.1) is 0 Å². The van der Waals surface area contributed by atoms with Crippen LogP contribution in [-0.4, -0.2) is 55.2 Å². The molecule has 0 aromatic heterocycles. The molecule has 0 bridgehead atoms. The molecular weight excluding hydrogens is 330 g/mol. The van der Waals surface area contributed by atoms with Crippen LogP contribution in [0.2, 0.25) is 0 Å². The number of unbranched alkanes of at least 4 members (excludes halogenated alkanes) is 7. The van der Waals surface area contributed by atoms with Crippen molar-refractivity contribution in [3.05, 3.63) is 12.2 Å². The summed E-state index contributed by atoms with van der Waals surface area (Å²) < 4.78 is 27.5. The molecule has 0 aromatic rings. The van der Waals surface area contributed by atoms with Gasteiger partial charge < -0.3 is 14.3 Å². The van der Waals surface area contributed by atoms with Gasteiger partial charge in [-0.25, -0.2) is 0 Å². The maximum atomic E-state index is 12.0. The summed E-state index contributed by atoms with van der Waals surface area (Å²) in [5, 5.41) is 9.03. The second-order valence-electron chi connectivity index (χ2n) is 7.50. The number of carboxylic acids is 1. The van der Waals surface area contributed by atoms with Gasteiger partial charge in [-0.1, -0.05) is 51.2 Å². The minimum atomic E-state index is -2.32. The molecule has 0 rings (SSSR count). The number of likely N-dealkylation sites (N-methyl/N-ethyl adjacent to an activating group) is 1. The van der Waals surface area contributed by atoms with Gasteiger partial charge in [-0.05, 0) is 25.7 Å². The Morgan fingerprint density at radius 1 is 1.08 bits per heavy atom. The van der Waals surface area contributed by atoms with Crippen LogP contribution in [0.5, 0.6) is 0 Å². The largest absolute Gasteiger partial charge is 0.481 e. The third-order valence-corrected chi connectivity index (χ3v) is 4.00. The zero-order chi connectivity index (χ0) is 22.3. The van der Waals surface area contributed by atoms with Crippen LogP contribution in [0.25, 0.3) is 0 Å². The number of nitrogens with zero attached hydrogens (tertiary/aromatic N) is 1. The van der Waals surface area contributed by atoms with Gasteiger partial charge in [0.25, 0.3) is 0 Å². The summed E-state index contributed by atoms with van der Waals surface area (Å²) in [6, 6.07) is 0. The molecule has 0 aliphatic rings. The highest BCUT2D eigenvalue weighted by molar-refractivity contribution is 5.71. The van der Waals surface area contributed by atoms with E-state index in [0.717, 1.165) is 12.8 Å². The highest BCUT2D eigenvalue weighted by atomic mass is 16.5. The molecule has 0 unspecified atom stereocenters. The van der Waals surface area contributed by atoms with Gasteiger partial charge in [0.15, 0.2) is 6.10 Å². The number of quaternary nitrogens is 1. The number of carbonyl (C=O) groups excluding carboxylic acids is 1. The summed E-state index contributed by atoms with van der Waals surface area (Å²) in [4.78, 5) is 23.1. The Hall–Kier alpha value is -1.36. The zero-order valence-electron chi connectivity index (χ0n) is 19.8. The lowest BCUT2D eigenvalue weighted by Crippen LogP contribution is -2.43. The molecule has 0 heterocycles. The minimum Gasteiger partial charge on any atom is -0.481 e. The van der Waals surface area contributed by atoms with Crippen molar-refractivity contribution in [3.8, 4) is 0 Å². The molecule has 0 spiro atoms. The number of allylic oxidation sites excluding steroid dienone is 2. The van der Waals surface area contributed by atoms with E-state index in [4.69, 9.17) is 14.0 Å². The molecule has 0 aromatic carbocycles. The standard InChI is InChI=1S/C21H39NO4/c1-5-6-7-8-9-10-11-12-13-14-15-16-21(25)26-19(17-20(23)24)18-22(2,3)4/h12-13,19H,5-11,14-18H2,1-4H3/p+1/b13-12-/t19-/m1/s1/i2D3. The van der Waals surface area contributed by atoms with Crippen LogP contribution in [-0.2, 0) is 14.3 Å². The summed E-state index contributed by atoms with van der Waals surface area (Å²) in [6.07, 6.45) is 13.1. The molecule has 0 radical (unpaired) electrons. The van der Waals surface area contributed by atoms with E-state index >= 15 is 0 Å². The monoisotopic (exact) mass is 373 g/mol. The Labute approximate surface area is 164 Å². The molecular formula is C21H40NO4+. The number of rotatable bonds is 16. The van der Waals surface area contributed by atoms with Crippen LogP contribution in [0, 0.1) is 0 Å². The van der Waals surface area contributed by atoms with Crippen molar-refractivity contribution < 1.29 is 28.0 Å². The summed E-state index contributed by atoms with van der Waals surface area (Å²) in [6.45, 7) is -0.182. The zero-order valence-corrected chi connectivity index (χ0v) is 16.8. The van der Waals surface area contributed by atoms with E-state index in [9.17, 15) is 9.59 Å². The number of ether oxygens (including phenoxy) is 1. The topological polar surface area (TPSA) is 63.6 Å². The Bertz CT molecular complexity index is 505. The van der Waals surface area contributed by atoms with Gasteiger partial charge in [0.05, 0.1) is 31.6 Å². The van der Waals surface area contributed by atoms with Crippen LogP contribution < -0.4 is 0 Å². The van der Waals surface area contributed by atoms with Crippen LogP contribution in [0.4, 0.5) is 0 Å². The van der Waals surface area contributed by atoms with Crippen molar-refractivity contribution in [2.24, 2.45) is 0 Å². The average molecular weight is 374 g/mol. The van der Waals surface area contributed by atoms with E-state index in [1.54, 1.807) is 0 Å². The second-order valence-corrected chi connectivity index (χ2v) is 7.50. The van der Waals surface area contributed by atoms with Gasteiger partial charge >= 0.3 is 11.9 Å². The smallest absolute Gasteiger partial charge is 0.307 e. The number of carbonyl (C=O) groups is 2. The fourth-order valence-electron chi connectivity index (χ4n) is 2.73. The van der Waals surface area contributed by atoms with E-state index in [1.165, 1.54) is 52.6 Å². The van der Waals surface area contributed by atoms with Crippen LogP contribution in [0.15, 0.2) is 12.2 Å². The maximum absolute atomic E-state index is 12.0.